The predicted molar refractivity (Wildman–Crippen MR) is 122 cm³/mol. The van der Waals surface area contributed by atoms with Crippen LogP contribution in [0.15, 0.2) is 90.6 Å². The number of aromatic nitrogens is 1. The molecule has 0 fully saturated rings. The van der Waals surface area contributed by atoms with Gasteiger partial charge in [0.2, 0.25) is 11.9 Å². The molecule has 3 aromatic rings. The van der Waals surface area contributed by atoms with Gasteiger partial charge in [0.1, 0.15) is 11.6 Å². The minimum Gasteiger partial charge on any atom is -0.494 e. The maximum Gasteiger partial charge on any atom is 0.299 e. The Kier molecular flexibility index (Phi) is 6.25. The zero-order valence-corrected chi connectivity index (χ0v) is 18.4. The van der Waals surface area contributed by atoms with Crippen molar-refractivity contribution in [3.63, 3.8) is 0 Å². The third-order valence-corrected chi connectivity index (χ3v) is 6.00. The Hall–Kier alpha value is -3.62. The number of nitrogens with zero attached hydrogens (tertiary/aromatic N) is 3. The lowest BCUT2D eigenvalue weighted by Gasteiger charge is -2.34. The van der Waals surface area contributed by atoms with Crippen molar-refractivity contribution < 1.29 is 14.5 Å². The van der Waals surface area contributed by atoms with Gasteiger partial charge in [-0.05, 0) is 42.7 Å². The Labute approximate surface area is 192 Å². The summed E-state index contributed by atoms with van der Waals surface area (Å²) in [5.74, 6) is -1.17. The van der Waals surface area contributed by atoms with E-state index < -0.39 is 12.0 Å². The van der Waals surface area contributed by atoms with Crippen molar-refractivity contribution in [2.75, 3.05) is 6.54 Å². The van der Waals surface area contributed by atoms with E-state index in [1.807, 2.05) is 66.3 Å². The Balaban J connectivity index is 1.81. The summed E-state index contributed by atoms with van der Waals surface area (Å²) >= 11 is 6.07. The van der Waals surface area contributed by atoms with Crippen LogP contribution in [0.5, 0.6) is 0 Å². The van der Waals surface area contributed by atoms with E-state index in [1.165, 1.54) is 4.90 Å². The molecule has 1 N–H and O–H groups in total. The lowest BCUT2D eigenvalue weighted by molar-refractivity contribution is -0.712. The highest BCUT2D eigenvalue weighted by Crippen LogP contribution is 2.40. The van der Waals surface area contributed by atoms with E-state index in [4.69, 9.17) is 11.6 Å². The molecule has 0 saturated carbocycles. The summed E-state index contributed by atoms with van der Waals surface area (Å²) in [6.07, 6.45) is 4.27. The molecule has 0 spiro atoms. The van der Waals surface area contributed by atoms with E-state index in [1.54, 1.807) is 24.3 Å². The highest BCUT2D eigenvalue weighted by atomic mass is 35.5. The van der Waals surface area contributed by atoms with E-state index >= 15 is 0 Å². The fraction of sp³-hybridized carbons (Fsp3) is 0.192. The number of amides is 1. The molecule has 2 atom stereocenters. The van der Waals surface area contributed by atoms with Crippen LogP contribution in [0.1, 0.15) is 28.7 Å². The zero-order chi connectivity index (χ0) is 22.7. The van der Waals surface area contributed by atoms with E-state index in [-0.39, 0.29) is 23.9 Å². The molecule has 1 aromatic heterocycles. The number of carbonyl (C=O) groups excluding carboxylic acids is 1. The number of rotatable bonds is 5. The highest BCUT2D eigenvalue weighted by molar-refractivity contribution is 6.30. The topological polar surface area (TPSA) is 68.2 Å². The summed E-state index contributed by atoms with van der Waals surface area (Å²) in [5, 5.41) is 21.6. The molecule has 32 heavy (non-hydrogen) atoms. The summed E-state index contributed by atoms with van der Waals surface area (Å²) < 4.78 is 1.83. The van der Waals surface area contributed by atoms with Crippen molar-refractivity contribution in [2.45, 2.75) is 25.3 Å². The van der Waals surface area contributed by atoms with E-state index in [9.17, 15) is 15.2 Å². The number of aliphatic hydroxyl groups excluding tert-OH is 1. The molecule has 2 aromatic carbocycles. The molecule has 1 aliphatic heterocycles. The highest BCUT2D eigenvalue weighted by Gasteiger charge is 2.49. The smallest absolute Gasteiger partial charge is 0.299 e. The summed E-state index contributed by atoms with van der Waals surface area (Å²) in [7, 11) is 0. The standard InChI is InChI=1S/C26H22ClN3O2/c1-18-6-5-14-29(17-18)24-23(20-9-11-21(27)12-10-20)22(16-28)25(31)30(26(24)32)15-13-19-7-3-2-4-8-19/h2-12,14,17,23-24H,13,15H2,1H3/p+1/t23-,24+/m0/s1. The van der Waals surface area contributed by atoms with Crippen LogP contribution in [-0.4, -0.2) is 22.5 Å². The van der Waals surface area contributed by atoms with Gasteiger partial charge in [0, 0.05) is 23.2 Å². The molecule has 0 bridgehead atoms. The normalized spacial score (nSPS) is 18.5. The average molecular weight is 445 g/mol. The van der Waals surface area contributed by atoms with E-state index in [0.717, 1.165) is 16.7 Å². The van der Waals surface area contributed by atoms with Crippen molar-refractivity contribution in [1.82, 2.24) is 4.90 Å². The molecule has 4 rings (SSSR count). The van der Waals surface area contributed by atoms with Crippen molar-refractivity contribution in [3.8, 4) is 6.07 Å². The quantitative estimate of drug-likeness (QED) is 0.583. The number of hydrogen-bond donors (Lipinski definition) is 1. The number of halogens is 1. The summed E-state index contributed by atoms with van der Waals surface area (Å²) in [6, 6.07) is 22.1. The minimum absolute atomic E-state index is 0.166. The van der Waals surface area contributed by atoms with Gasteiger partial charge in [-0.25, -0.2) is 0 Å². The van der Waals surface area contributed by atoms with Crippen LogP contribution in [0.2, 0.25) is 5.02 Å². The Morgan fingerprint density at radius 2 is 1.81 bits per heavy atom. The van der Waals surface area contributed by atoms with Gasteiger partial charge in [-0.1, -0.05) is 54.1 Å². The monoisotopic (exact) mass is 444 g/mol. The van der Waals surface area contributed by atoms with Crippen molar-refractivity contribution >= 4 is 17.5 Å². The van der Waals surface area contributed by atoms with Gasteiger partial charge in [0.05, 0.1) is 5.92 Å². The maximum absolute atomic E-state index is 13.8. The lowest BCUT2D eigenvalue weighted by Crippen LogP contribution is -2.55. The van der Waals surface area contributed by atoms with Crippen LogP contribution in [0.25, 0.3) is 0 Å². The number of allylic oxidation sites excluding steroid dienone is 1. The number of pyridine rings is 1. The van der Waals surface area contributed by atoms with E-state index in [0.29, 0.717) is 11.4 Å². The van der Waals surface area contributed by atoms with Crippen molar-refractivity contribution in [3.05, 3.63) is 112 Å². The van der Waals surface area contributed by atoms with Crippen molar-refractivity contribution in [2.24, 2.45) is 0 Å². The van der Waals surface area contributed by atoms with Gasteiger partial charge in [-0.3, -0.25) is 9.69 Å². The van der Waals surface area contributed by atoms with Gasteiger partial charge < -0.3 is 5.11 Å². The van der Waals surface area contributed by atoms with Crippen LogP contribution in [0, 0.1) is 18.3 Å². The molecule has 1 amide bonds. The first kappa shape index (κ1) is 21.6. The SMILES string of the molecule is Cc1ccc[n+]([C@H]2C(=O)N(CCc3ccccc3)C(O)=C(C#N)[C@@H]2c2ccc(Cl)cc2)c1. The average Bonchev–Trinajstić information content (AvgIpc) is 2.80. The third-order valence-electron chi connectivity index (χ3n) is 5.75. The second-order valence-corrected chi connectivity index (χ2v) is 8.31. The number of carbonyl (C=O) groups is 1. The van der Waals surface area contributed by atoms with Gasteiger partial charge in [0.15, 0.2) is 12.4 Å². The van der Waals surface area contributed by atoms with Crippen LogP contribution < -0.4 is 4.57 Å². The zero-order valence-electron chi connectivity index (χ0n) is 17.6. The fourth-order valence-corrected chi connectivity index (χ4v) is 4.30. The Morgan fingerprint density at radius 3 is 2.47 bits per heavy atom. The first-order chi connectivity index (χ1) is 15.5. The van der Waals surface area contributed by atoms with Gasteiger partial charge in [-0.15, -0.1) is 0 Å². The molecule has 2 heterocycles. The predicted octanol–water partition coefficient (Wildman–Crippen LogP) is 4.64. The number of benzene rings is 2. The van der Waals surface area contributed by atoms with Crippen molar-refractivity contribution in [1.29, 1.82) is 5.26 Å². The largest absolute Gasteiger partial charge is 0.494 e. The Bertz CT molecular complexity index is 1200. The molecule has 0 aliphatic carbocycles. The molecule has 0 radical (unpaired) electrons. The third kappa shape index (κ3) is 4.23. The van der Waals surface area contributed by atoms with Crippen LogP contribution in [0.4, 0.5) is 0 Å². The molecule has 1 aliphatic rings. The van der Waals surface area contributed by atoms with Gasteiger partial charge >= 0.3 is 0 Å². The number of aryl methyl sites for hydroxylation is 1. The molecule has 0 saturated heterocycles. The number of aliphatic hydroxyl groups is 1. The molecular formula is C26H23ClN3O2+. The summed E-state index contributed by atoms with van der Waals surface area (Å²) in [5.41, 5.74) is 2.95. The van der Waals surface area contributed by atoms with Crippen LogP contribution >= 0.6 is 11.6 Å². The first-order valence-corrected chi connectivity index (χ1v) is 10.8. The molecule has 160 valence electrons. The van der Waals surface area contributed by atoms with Crippen LogP contribution in [-0.2, 0) is 11.2 Å². The fourth-order valence-electron chi connectivity index (χ4n) is 4.18. The lowest BCUT2D eigenvalue weighted by atomic mass is 9.81. The number of hydrogen-bond acceptors (Lipinski definition) is 3. The second-order valence-electron chi connectivity index (χ2n) is 7.88. The van der Waals surface area contributed by atoms with Crippen LogP contribution in [0.3, 0.4) is 0 Å². The van der Waals surface area contributed by atoms with E-state index in [2.05, 4.69) is 6.07 Å². The molecular weight excluding hydrogens is 422 g/mol. The first-order valence-electron chi connectivity index (χ1n) is 10.4. The summed E-state index contributed by atoms with van der Waals surface area (Å²) in [4.78, 5) is 15.1. The maximum atomic E-state index is 13.8. The van der Waals surface area contributed by atoms with Gasteiger partial charge in [0.25, 0.3) is 5.91 Å². The molecule has 5 nitrogen and oxygen atoms in total. The molecule has 6 heteroatoms. The summed E-state index contributed by atoms with van der Waals surface area (Å²) in [6.45, 7) is 2.23. The molecule has 0 unspecified atom stereocenters. The minimum atomic E-state index is -0.711. The van der Waals surface area contributed by atoms with Gasteiger partial charge in [-0.2, -0.15) is 9.83 Å². The number of nitriles is 1. The Morgan fingerprint density at radius 1 is 1.09 bits per heavy atom. The second kappa shape index (κ2) is 9.25.